The number of aromatic hydroxyl groups is 1. The van der Waals surface area contributed by atoms with Gasteiger partial charge >= 0.3 is 0 Å². The predicted molar refractivity (Wildman–Crippen MR) is 74.4 cm³/mol. The van der Waals surface area contributed by atoms with Crippen molar-refractivity contribution in [3.05, 3.63) is 24.3 Å². The van der Waals surface area contributed by atoms with Crippen LogP contribution in [0, 0.1) is 5.92 Å². The second-order valence-corrected chi connectivity index (χ2v) is 5.14. The van der Waals surface area contributed by atoms with Crippen LogP contribution in [0.1, 0.15) is 19.8 Å². The largest absolute Gasteiger partial charge is 0.508 e. The molecule has 1 saturated heterocycles. The zero-order valence-electron chi connectivity index (χ0n) is 11.5. The van der Waals surface area contributed by atoms with Gasteiger partial charge < -0.3 is 19.8 Å². The lowest BCUT2D eigenvalue weighted by atomic mass is 9.91. The molecule has 4 heteroatoms. The number of hydrogen-bond donors (Lipinski definition) is 2. The van der Waals surface area contributed by atoms with E-state index in [-0.39, 0.29) is 5.75 Å². The van der Waals surface area contributed by atoms with Crippen molar-refractivity contribution in [3.63, 3.8) is 0 Å². The normalized spacial score (nSPS) is 19.3. The van der Waals surface area contributed by atoms with Crippen molar-refractivity contribution in [1.82, 2.24) is 4.90 Å². The Balaban J connectivity index is 1.75. The standard InChI is InChI=1S/C15H23NO3/c1-2-16-9-7-12(8-10-16)15(18)11-19-14-5-3-13(17)4-6-14/h3-6,12,15,17-18H,2,7-11H2,1H3. The van der Waals surface area contributed by atoms with Gasteiger partial charge in [-0.3, -0.25) is 0 Å². The fourth-order valence-corrected chi connectivity index (χ4v) is 2.51. The molecule has 0 radical (unpaired) electrons. The lowest BCUT2D eigenvalue weighted by molar-refractivity contribution is 0.0267. The lowest BCUT2D eigenvalue weighted by Gasteiger charge is -2.33. The van der Waals surface area contributed by atoms with Crippen molar-refractivity contribution < 1.29 is 14.9 Å². The number of hydrogen-bond acceptors (Lipinski definition) is 4. The van der Waals surface area contributed by atoms with E-state index in [0.29, 0.717) is 18.3 Å². The smallest absolute Gasteiger partial charge is 0.119 e. The van der Waals surface area contributed by atoms with Crippen molar-refractivity contribution in [2.45, 2.75) is 25.9 Å². The number of likely N-dealkylation sites (tertiary alicyclic amines) is 1. The number of aliphatic hydroxyl groups is 1. The second kappa shape index (κ2) is 6.78. The maximum absolute atomic E-state index is 10.2. The van der Waals surface area contributed by atoms with Crippen molar-refractivity contribution in [2.24, 2.45) is 5.92 Å². The van der Waals surface area contributed by atoms with Crippen LogP contribution in [0.4, 0.5) is 0 Å². The Bertz CT molecular complexity index is 371. The van der Waals surface area contributed by atoms with Crippen LogP contribution in [0.25, 0.3) is 0 Å². The fraction of sp³-hybridized carbons (Fsp3) is 0.600. The van der Waals surface area contributed by atoms with Crippen molar-refractivity contribution in [3.8, 4) is 11.5 Å². The summed E-state index contributed by atoms with van der Waals surface area (Å²) in [6.45, 7) is 5.72. The number of ether oxygens (including phenoxy) is 1. The van der Waals surface area contributed by atoms with Gasteiger partial charge in [0.1, 0.15) is 18.1 Å². The lowest BCUT2D eigenvalue weighted by Crippen LogP contribution is -2.39. The van der Waals surface area contributed by atoms with Gasteiger partial charge in [-0.1, -0.05) is 6.92 Å². The first-order valence-electron chi connectivity index (χ1n) is 7.01. The molecule has 1 aromatic carbocycles. The SMILES string of the molecule is CCN1CCC(C(O)COc2ccc(O)cc2)CC1. The summed E-state index contributed by atoms with van der Waals surface area (Å²) in [6.07, 6.45) is 1.66. The number of phenols is 1. The van der Waals surface area contributed by atoms with Crippen LogP contribution in [0.3, 0.4) is 0 Å². The van der Waals surface area contributed by atoms with E-state index < -0.39 is 6.10 Å². The first kappa shape index (κ1) is 14.2. The number of rotatable bonds is 5. The molecular weight excluding hydrogens is 242 g/mol. The highest BCUT2D eigenvalue weighted by Gasteiger charge is 2.24. The van der Waals surface area contributed by atoms with Crippen LogP contribution >= 0.6 is 0 Å². The average Bonchev–Trinajstić information content (AvgIpc) is 2.46. The Morgan fingerprint density at radius 1 is 1.26 bits per heavy atom. The molecule has 0 spiro atoms. The van der Waals surface area contributed by atoms with Gasteiger partial charge in [0.05, 0.1) is 6.10 Å². The molecular formula is C15H23NO3. The molecule has 0 bridgehead atoms. The highest BCUT2D eigenvalue weighted by molar-refractivity contribution is 5.30. The Labute approximate surface area is 114 Å². The minimum Gasteiger partial charge on any atom is -0.508 e. The van der Waals surface area contributed by atoms with Gasteiger partial charge in [-0.05, 0) is 62.7 Å². The molecule has 1 heterocycles. The molecule has 0 aromatic heterocycles. The fourth-order valence-electron chi connectivity index (χ4n) is 2.51. The Morgan fingerprint density at radius 2 is 1.89 bits per heavy atom. The van der Waals surface area contributed by atoms with Gasteiger partial charge in [-0.25, -0.2) is 0 Å². The number of benzene rings is 1. The molecule has 1 aliphatic heterocycles. The first-order chi connectivity index (χ1) is 9.19. The van der Waals surface area contributed by atoms with Gasteiger partial charge in [-0.15, -0.1) is 0 Å². The summed E-state index contributed by atoms with van der Waals surface area (Å²) in [5.74, 6) is 1.24. The topological polar surface area (TPSA) is 52.9 Å². The molecule has 1 aromatic rings. The third-order valence-corrected chi connectivity index (χ3v) is 3.88. The van der Waals surface area contributed by atoms with Gasteiger partial charge in [0, 0.05) is 0 Å². The molecule has 1 unspecified atom stereocenters. The maximum atomic E-state index is 10.2. The highest BCUT2D eigenvalue weighted by atomic mass is 16.5. The third kappa shape index (κ3) is 4.11. The minimum absolute atomic E-state index is 0.222. The van der Waals surface area contributed by atoms with Crippen LogP contribution in [-0.4, -0.2) is 47.5 Å². The zero-order chi connectivity index (χ0) is 13.7. The first-order valence-corrected chi connectivity index (χ1v) is 7.01. The molecule has 4 nitrogen and oxygen atoms in total. The average molecular weight is 265 g/mol. The van der Waals surface area contributed by atoms with Gasteiger partial charge in [0.25, 0.3) is 0 Å². The number of aliphatic hydroxyl groups excluding tert-OH is 1. The maximum Gasteiger partial charge on any atom is 0.119 e. The Kier molecular flexibility index (Phi) is 5.05. The van der Waals surface area contributed by atoms with E-state index >= 15 is 0 Å². The Hall–Kier alpha value is -1.26. The molecule has 0 amide bonds. The third-order valence-electron chi connectivity index (χ3n) is 3.88. The van der Waals surface area contributed by atoms with E-state index in [0.717, 1.165) is 32.5 Å². The molecule has 2 rings (SSSR count). The van der Waals surface area contributed by atoms with Gasteiger partial charge in [-0.2, -0.15) is 0 Å². The van der Waals surface area contributed by atoms with Crippen molar-refractivity contribution in [2.75, 3.05) is 26.2 Å². The quantitative estimate of drug-likeness (QED) is 0.853. The monoisotopic (exact) mass is 265 g/mol. The van der Waals surface area contributed by atoms with Crippen LogP contribution < -0.4 is 4.74 Å². The predicted octanol–water partition coefficient (Wildman–Crippen LogP) is 1.86. The van der Waals surface area contributed by atoms with E-state index in [1.165, 1.54) is 0 Å². The summed E-state index contributed by atoms with van der Waals surface area (Å²) in [5, 5.41) is 19.3. The van der Waals surface area contributed by atoms with Crippen LogP contribution in [0.2, 0.25) is 0 Å². The minimum atomic E-state index is -0.409. The van der Waals surface area contributed by atoms with Crippen molar-refractivity contribution in [1.29, 1.82) is 0 Å². The molecule has 106 valence electrons. The Morgan fingerprint density at radius 3 is 2.47 bits per heavy atom. The summed E-state index contributed by atoms with van der Waals surface area (Å²) in [4.78, 5) is 2.41. The summed E-state index contributed by atoms with van der Waals surface area (Å²) >= 11 is 0. The highest BCUT2D eigenvalue weighted by Crippen LogP contribution is 2.22. The van der Waals surface area contributed by atoms with Gasteiger partial charge in [0.15, 0.2) is 0 Å². The van der Waals surface area contributed by atoms with E-state index in [1.54, 1.807) is 24.3 Å². The number of phenolic OH excluding ortho intramolecular Hbond substituents is 1. The van der Waals surface area contributed by atoms with E-state index in [2.05, 4.69) is 11.8 Å². The van der Waals surface area contributed by atoms with E-state index in [4.69, 9.17) is 4.74 Å². The zero-order valence-corrected chi connectivity index (χ0v) is 11.5. The van der Waals surface area contributed by atoms with E-state index in [9.17, 15) is 10.2 Å². The van der Waals surface area contributed by atoms with Crippen molar-refractivity contribution >= 4 is 0 Å². The summed E-state index contributed by atoms with van der Waals surface area (Å²) < 4.78 is 5.55. The summed E-state index contributed by atoms with van der Waals surface area (Å²) in [5.41, 5.74) is 0. The molecule has 2 N–H and O–H groups in total. The van der Waals surface area contributed by atoms with Crippen LogP contribution in [0.15, 0.2) is 24.3 Å². The number of piperidine rings is 1. The van der Waals surface area contributed by atoms with Crippen LogP contribution in [-0.2, 0) is 0 Å². The molecule has 1 atom stereocenters. The van der Waals surface area contributed by atoms with Crippen LogP contribution in [0.5, 0.6) is 11.5 Å². The molecule has 1 fully saturated rings. The summed E-state index contributed by atoms with van der Waals surface area (Å²) in [6, 6.07) is 6.59. The second-order valence-electron chi connectivity index (χ2n) is 5.14. The van der Waals surface area contributed by atoms with E-state index in [1.807, 2.05) is 0 Å². The molecule has 19 heavy (non-hydrogen) atoms. The molecule has 0 aliphatic carbocycles. The number of nitrogens with zero attached hydrogens (tertiary/aromatic N) is 1. The molecule has 1 aliphatic rings. The molecule has 0 saturated carbocycles. The summed E-state index contributed by atoms with van der Waals surface area (Å²) in [7, 11) is 0. The van der Waals surface area contributed by atoms with Gasteiger partial charge in [0.2, 0.25) is 0 Å².